The van der Waals surface area contributed by atoms with Crippen LogP contribution in [0.5, 0.6) is 0 Å². The summed E-state index contributed by atoms with van der Waals surface area (Å²) in [4.78, 5) is 13.5. The molecule has 0 aliphatic rings. The minimum absolute atomic E-state index is 0.403. The average Bonchev–Trinajstić information content (AvgIpc) is 2.86. The molecule has 0 aliphatic heterocycles. The molecule has 1 aromatic carbocycles. The quantitative estimate of drug-likeness (QED) is 0.449. The van der Waals surface area contributed by atoms with E-state index in [2.05, 4.69) is 31.7 Å². The lowest BCUT2D eigenvalue weighted by molar-refractivity contribution is -0.0914. The maximum absolute atomic E-state index is 9.25. The number of benzene rings is 1. The lowest BCUT2D eigenvalue weighted by Crippen LogP contribution is -2.24. The minimum atomic E-state index is -0.404. The highest BCUT2D eigenvalue weighted by atomic mass is 16.7. The molecule has 3 aromatic rings. The van der Waals surface area contributed by atoms with Crippen molar-refractivity contribution in [2.45, 2.75) is 54.4 Å². The van der Waals surface area contributed by atoms with Crippen molar-refractivity contribution in [3.63, 3.8) is 0 Å². The number of aromatic nitrogens is 3. The Hall–Kier alpha value is -3.28. The summed E-state index contributed by atoms with van der Waals surface area (Å²) in [6, 6.07) is 9.88. The first-order valence-electron chi connectivity index (χ1n) is 11.2. The summed E-state index contributed by atoms with van der Waals surface area (Å²) in [5, 5.41) is 16.7. The third kappa shape index (κ3) is 7.67. The Morgan fingerprint density at radius 1 is 1.03 bits per heavy atom. The van der Waals surface area contributed by atoms with Crippen LogP contribution < -0.4 is 10.6 Å². The molecule has 8 nitrogen and oxygen atoms in total. The summed E-state index contributed by atoms with van der Waals surface area (Å²) >= 11 is 0. The van der Waals surface area contributed by atoms with E-state index in [0.717, 1.165) is 27.7 Å². The van der Waals surface area contributed by atoms with E-state index in [9.17, 15) is 5.26 Å². The molecule has 0 spiro atoms. The molecule has 0 aliphatic carbocycles. The summed E-state index contributed by atoms with van der Waals surface area (Å²) in [6.45, 7) is 12.8. The second kappa shape index (κ2) is 14.7. The molecule has 0 atom stereocenters. The van der Waals surface area contributed by atoms with E-state index >= 15 is 0 Å². The van der Waals surface area contributed by atoms with Gasteiger partial charge >= 0.3 is 0 Å². The highest BCUT2D eigenvalue weighted by Crippen LogP contribution is 2.24. The van der Waals surface area contributed by atoms with Crippen LogP contribution in [0.1, 0.15) is 50.1 Å². The molecule has 0 bridgehead atoms. The van der Waals surface area contributed by atoms with Crippen molar-refractivity contribution >= 4 is 22.7 Å². The van der Waals surface area contributed by atoms with Gasteiger partial charge in [0.15, 0.2) is 6.29 Å². The number of hydrogen-bond acceptors (Lipinski definition) is 8. The number of aryl methyl sites for hydroxylation is 1. The van der Waals surface area contributed by atoms with Crippen LogP contribution in [0.15, 0.2) is 30.5 Å². The summed E-state index contributed by atoms with van der Waals surface area (Å²) in [5.41, 5.74) is 4.27. The second-order valence-corrected chi connectivity index (χ2v) is 6.58. The van der Waals surface area contributed by atoms with Crippen molar-refractivity contribution in [1.29, 1.82) is 5.26 Å². The van der Waals surface area contributed by atoms with Crippen LogP contribution >= 0.6 is 0 Å². The van der Waals surface area contributed by atoms with E-state index in [1.165, 1.54) is 0 Å². The van der Waals surface area contributed by atoms with Gasteiger partial charge in [-0.15, -0.1) is 0 Å². The molecule has 0 saturated heterocycles. The maximum Gasteiger partial charge on any atom is 0.225 e. The van der Waals surface area contributed by atoms with Crippen molar-refractivity contribution in [1.82, 2.24) is 15.0 Å². The number of fused-ring (bicyclic) bond motifs is 1. The monoisotopic (exact) mass is 452 g/mol. The van der Waals surface area contributed by atoms with E-state index in [-0.39, 0.29) is 0 Å². The number of nitriles is 1. The molecule has 2 aromatic heterocycles. The number of pyridine rings is 1. The van der Waals surface area contributed by atoms with Gasteiger partial charge in [-0.05, 0) is 37.1 Å². The highest BCUT2D eigenvalue weighted by Gasteiger charge is 2.12. The van der Waals surface area contributed by atoms with E-state index in [1.807, 2.05) is 65.8 Å². The minimum Gasteiger partial charge on any atom is -0.365 e. The lowest BCUT2D eigenvalue weighted by atomic mass is 10.0. The standard InChI is InChI=1S/C21H24N6O2.2C2H6/c1-13-8-17-18(11-23-13)26-21(25-12-19(28-3)29-4)27-20(17)24-10-16-7-5-6-15(9-22)14(16)2;2*1-2/h5-8,11,19H,10,12H2,1-4H3,(H2,24,25,26,27);2*1-2H3. The normalized spacial score (nSPS) is 9.94. The number of nitrogens with zero attached hydrogens (tertiary/aromatic N) is 4. The van der Waals surface area contributed by atoms with Gasteiger partial charge in [-0.3, -0.25) is 4.98 Å². The molecule has 8 heteroatoms. The van der Waals surface area contributed by atoms with Crippen molar-refractivity contribution in [2.75, 3.05) is 31.4 Å². The van der Waals surface area contributed by atoms with Gasteiger partial charge in [0.05, 0.1) is 29.9 Å². The van der Waals surface area contributed by atoms with Crippen molar-refractivity contribution in [3.8, 4) is 6.07 Å². The zero-order valence-corrected chi connectivity index (χ0v) is 21.0. The first kappa shape index (κ1) is 27.8. The number of anilines is 2. The molecule has 33 heavy (non-hydrogen) atoms. The van der Waals surface area contributed by atoms with Gasteiger partial charge in [-0.1, -0.05) is 39.8 Å². The third-order valence-corrected chi connectivity index (χ3v) is 4.68. The summed E-state index contributed by atoms with van der Waals surface area (Å²) in [7, 11) is 3.16. The predicted octanol–water partition coefficient (Wildman–Crippen LogP) is 5.21. The molecular formula is C25H36N6O2. The van der Waals surface area contributed by atoms with Gasteiger partial charge < -0.3 is 20.1 Å². The molecule has 2 N–H and O–H groups in total. The van der Waals surface area contributed by atoms with Crippen LogP contribution in [-0.2, 0) is 16.0 Å². The molecule has 0 saturated carbocycles. The molecule has 2 heterocycles. The first-order chi connectivity index (χ1) is 16.0. The number of methoxy groups -OCH3 is 2. The van der Waals surface area contributed by atoms with Crippen molar-refractivity contribution in [3.05, 3.63) is 52.8 Å². The number of hydrogen-bond donors (Lipinski definition) is 2. The van der Waals surface area contributed by atoms with Gasteiger partial charge in [0.25, 0.3) is 0 Å². The largest absolute Gasteiger partial charge is 0.365 e. The smallest absolute Gasteiger partial charge is 0.225 e. The van der Waals surface area contributed by atoms with Gasteiger partial charge in [-0.2, -0.15) is 10.2 Å². The predicted molar refractivity (Wildman–Crippen MR) is 134 cm³/mol. The van der Waals surface area contributed by atoms with Crippen molar-refractivity contribution in [2.24, 2.45) is 0 Å². The van der Waals surface area contributed by atoms with Gasteiger partial charge in [-0.25, -0.2) is 4.98 Å². The van der Waals surface area contributed by atoms with Crippen LogP contribution in [0.3, 0.4) is 0 Å². The SMILES string of the molecule is CC.CC.COC(CNc1nc(NCc2cccc(C#N)c2C)c2cc(C)ncc2n1)OC. The Morgan fingerprint density at radius 3 is 2.36 bits per heavy atom. The zero-order chi connectivity index (χ0) is 24.8. The Labute approximate surface area is 197 Å². The molecule has 3 rings (SSSR count). The van der Waals surface area contributed by atoms with E-state index in [4.69, 9.17) is 9.47 Å². The zero-order valence-electron chi connectivity index (χ0n) is 21.0. The summed E-state index contributed by atoms with van der Waals surface area (Å²) in [6.07, 6.45) is 1.33. The summed E-state index contributed by atoms with van der Waals surface area (Å²) in [5.74, 6) is 1.14. The van der Waals surface area contributed by atoms with Crippen LogP contribution in [0.4, 0.5) is 11.8 Å². The number of ether oxygens (including phenoxy) is 2. The molecule has 0 radical (unpaired) electrons. The fraction of sp³-hybridized carbons (Fsp3) is 0.440. The number of rotatable bonds is 8. The van der Waals surface area contributed by atoms with Gasteiger partial charge in [0.1, 0.15) is 5.82 Å². The highest BCUT2D eigenvalue weighted by molar-refractivity contribution is 5.89. The average molecular weight is 453 g/mol. The Bertz CT molecular complexity index is 1040. The van der Waals surface area contributed by atoms with Gasteiger partial charge in [0.2, 0.25) is 5.95 Å². The number of nitrogens with one attached hydrogen (secondary N) is 2. The topological polar surface area (TPSA) is 105 Å². The van der Waals surface area contributed by atoms with Crippen molar-refractivity contribution < 1.29 is 9.47 Å². The van der Waals surface area contributed by atoms with Gasteiger partial charge in [0, 0.05) is 31.8 Å². The van der Waals surface area contributed by atoms with E-state index in [0.29, 0.717) is 30.4 Å². The molecule has 0 unspecified atom stereocenters. The third-order valence-electron chi connectivity index (χ3n) is 4.68. The molecule has 178 valence electrons. The molecule has 0 fully saturated rings. The van der Waals surface area contributed by atoms with E-state index < -0.39 is 6.29 Å². The Kier molecular flexibility index (Phi) is 12.4. The van der Waals surface area contributed by atoms with Crippen LogP contribution in [0.2, 0.25) is 0 Å². The van der Waals surface area contributed by atoms with Crippen LogP contribution in [0, 0.1) is 25.2 Å². The Balaban J connectivity index is 0.00000129. The van der Waals surface area contributed by atoms with Crippen LogP contribution in [0.25, 0.3) is 10.9 Å². The fourth-order valence-electron chi connectivity index (χ4n) is 2.96. The summed E-state index contributed by atoms with van der Waals surface area (Å²) < 4.78 is 10.4. The van der Waals surface area contributed by atoms with Crippen LogP contribution in [-0.4, -0.2) is 42.0 Å². The fourth-order valence-corrected chi connectivity index (χ4v) is 2.96. The molecular weight excluding hydrogens is 416 g/mol. The Morgan fingerprint density at radius 2 is 1.73 bits per heavy atom. The first-order valence-corrected chi connectivity index (χ1v) is 11.2. The molecule has 0 amide bonds. The lowest BCUT2D eigenvalue weighted by Gasteiger charge is -2.16. The maximum atomic E-state index is 9.25. The second-order valence-electron chi connectivity index (χ2n) is 6.58. The van der Waals surface area contributed by atoms with E-state index in [1.54, 1.807) is 20.4 Å².